The average molecular weight is 205 g/mol. The van der Waals surface area contributed by atoms with Crippen molar-refractivity contribution in [2.75, 3.05) is 13.2 Å². The molecule has 0 atom stereocenters. The molecule has 0 unspecified atom stereocenters. The number of hydrogen-bond donors (Lipinski definition) is 1. The van der Waals surface area contributed by atoms with Crippen LogP contribution in [-0.2, 0) is 16.1 Å². The molecule has 1 aromatic rings. The summed E-state index contributed by atoms with van der Waals surface area (Å²) >= 11 is 0. The Morgan fingerprint density at radius 1 is 1.33 bits per heavy atom. The highest BCUT2D eigenvalue weighted by Crippen LogP contribution is 2.00. The van der Waals surface area contributed by atoms with Crippen LogP contribution in [0.15, 0.2) is 43.0 Å². The summed E-state index contributed by atoms with van der Waals surface area (Å²) in [6, 6.07) is 9.83. The van der Waals surface area contributed by atoms with Crippen LogP contribution in [-0.4, -0.2) is 19.1 Å². The van der Waals surface area contributed by atoms with Gasteiger partial charge in [-0.1, -0.05) is 43.0 Å². The predicted octanol–water partition coefficient (Wildman–Crippen LogP) is 2.38. The monoisotopic (exact) mass is 205 g/mol. The lowest BCUT2D eigenvalue weighted by molar-refractivity contribution is 0.139. The van der Waals surface area contributed by atoms with Crippen molar-refractivity contribution in [3.05, 3.63) is 48.6 Å². The zero-order valence-corrected chi connectivity index (χ0v) is 8.61. The first-order chi connectivity index (χ1) is 7.33. The van der Waals surface area contributed by atoms with Crippen LogP contribution >= 0.6 is 0 Å². The smallest absolute Gasteiger partial charge is 0.207 e. The van der Waals surface area contributed by atoms with Crippen molar-refractivity contribution in [3.63, 3.8) is 0 Å². The zero-order chi connectivity index (χ0) is 10.9. The second-order valence-corrected chi connectivity index (χ2v) is 3.00. The van der Waals surface area contributed by atoms with E-state index in [1.54, 1.807) is 6.08 Å². The van der Waals surface area contributed by atoms with Gasteiger partial charge in [-0.25, -0.2) is 0 Å². The van der Waals surface area contributed by atoms with Gasteiger partial charge in [0.1, 0.15) is 13.2 Å². The van der Waals surface area contributed by atoms with Crippen LogP contribution < -0.4 is 0 Å². The molecule has 1 aromatic carbocycles. The Hall–Kier alpha value is -1.61. The molecule has 0 spiro atoms. The van der Waals surface area contributed by atoms with Crippen molar-refractivity contribution >= 4 is 5.90 Å². The Morgan fingerprint density at radius 2 is 2.07 bits per heavy atom. The Labute approximate surface area is 89.8 Å². The summed E-state index contributed by atoms with van der Waals surface area (Å²) in [6.07, 6.45) is 1.60. The van der Waals surface area contributed by atoms with E-state index in [9.17, 15) is 0 Å². The SMILES string of the molecule is C=CCOC(=N)COCc1ccccc1. The lowest BCUT2D eigenvalue weighted by atomic mass is 10.2. The highest BCUT2D eigenvalue weighted by Gasteiger charge is 1.97. The molecule has 0 saturated heterocycles. The molecular formula is C12H15NO2. The highest BCUT2D eigenvalue weighted by molar-refractivity contribution is 5.73. The maximum Gasteiger partial charge on any atom is 0.207 e. The molecule has 0 aliphatic rings. The van der Waals surface area contributed by atoms with Gasteiger partial charge in [0.2, 0.25) is 5.90 Å². The fourth-order valence-corrected chi connectivity index (χ4v) is 1.04. The largest absolute Gasteiger partial charge is 0.475 e. The second-order valence-electron chi connectivity index (χ2n) is 3.00. The number of ether oxygens (including phenoxy) is 2. The van der Waals surface area contributed by atoms with Gasteiger partial charge in [0, 0.05) is 0 Å². The van der Waals surface area contributed by atoms with Crippen LogP contribution in [0.3, 0.4) is 0 Å². The Morgan fingerprint density at radius 3 is 2.73 bits per heavy atom. The molecule has 0 saturated carbocycles. The fraction of sp³-hybridized carbons (Fsp3) is 0.250. The highest BCUT2D eigenvalue weighted by atomic mass is 16.5. The van der Waals surface area contributed by atoms with Crippen molar-refractivity contribution in [1.29, 1.82) is 5.41 Å². The van der Waals surface area contributed by atoms with Crippen LogP contribution in [0.5, 0.6) is 0 Å². The number of hydrogen-bond acceptors (Lipinski definition) is 3. The van der Waals surface area contributed by atoms with Crippen molar-refractivity contribution < 1.29 is 9.47 Å². The van der Waals surface area contributed by atoms with Gasteiger partial charge >= 0.3 is 0 Å². The molecule has 15 heavy (non-hydrogen) atoms. The Kier molecular flexibility index (Phi) is 5.19. The molecule has 3 heteroatoms. The van der Waals surface area contributed by atoms with Gasteiger partial charge < -0.3 is 9.47 Å². The first-order valence-electron chi connectivity index (χ1n) is 4.75. The molecule has 0 radical (unpaired) electrons. The van der Waals surface area contributed by atoms with Gasteiger partial charge in [0.15, 0.2) is 0 Å². The van der Waals surface area contributed by atoms with Gasteiger partial charge in [-0.05, 0) is 5.56 Å². The summed E-state index contributed by atoms with van der Waals surface area (Å²) in [4.78, 5) is 0. The van der Waals surface area contributed by atoms with Crippen LogP contribution in [0.2, 0.25) is 0 Å². The normalized spacial score (nSPS) is 9.60. The van der Waals surface area contributed by atoms with Crippen molar-refractivity contribution in [3.8, 4) is 0 Å². The summed E-state index contributed by atoms with van der Waals surface area (Å²) in [6.45, 7) is 4.55. The molecule has 80 valence electrons. The number of nitrogens with one attached hydrogen (secondary N) is 1. The molecule has 0 bridgehead atoms. The summed E-state index contributed by atoms with van der Waals surface area (Å²) in [5, 5.41) is 7.36. The lowest BCUT2D eigenvalue weighted by Crippen LogP contribution is -2.11. The minimum atomic E-state index is 0.130. The van der Waals surface area contributed by atoms with Crippen molar-refractivity contribution in [2.45, 2.75) is 6.61 Å². The molecule has 3 nitrogen and oxygen atoms in total. The van der Waals surface area contributed by atoms with Crippen molar-refractivity contribution in [1.82, 2.24) is 0 Å². The first-order valence-corrected chi connectivity index (χ1v) is 4.75. The van der Waals surface area contributed by atoms with Gasteiger partial charge in [-0.15, -0.1) is 0 Å². The predicted molar refractivity (Wildman–Crippen MR) is 60.0 cm³/mol. The Bertz CT molecular complexity index is 309. The molecule has 0 heterocycles. The van der Waals surface area contributed by atoms with Crippen molar-refractivity contribution in [2.24, 2.45) is 0 Å². The van der Waals surface area contributed by atoms with Crippen LogP contribution in [0.25, 0.3) is 0 Å². The van der Waals surface area contributed by atoms with E-state index in [2.05, 4.69) is 6.58 Å². The number of benzene rings is 1. The third kappa shape index (κ3) is 4.98. The molecule has 0 aliphatic carbocycles. The fourth-order valence-electron chi connectivity index (χ4n) is 1.04. The summed E-state index contributed by atoms with van der Waals surface area (Å²) in [5.74, 6) is 0.130. The molecule has 0 fully saturated rings. The lowest BCUT2D eigenvalue weighted by Gasteiger charge is -2.06. The van der Waals surface area contributed by atoms with E-state index in [0.717, 1.165) is 5.56 Å². The Balaban J connectivity index is 2.16. The van der Waals surface area contributed by atoms with Gasteiger partial charge in [-0.2, -0.15) is 0 Å². The third-order valence-electron chi connectivity index (χ3n) is 1.72. The quantitative estimate of drug-likeness (QED) is 0.440. The third-order valence-corrected chi connectivity index (χ3v) is 1.72. The minimum Gasteiger partial charge on any atom is -0.475 e. The van der Waals surface area contributed by atoms with E-state index in [1.807, 2.05) is 30.3 Å². The van der Waals surface area contributed by atoms with E-state index in [4.69, 9.17) is 14.9 Å². The van der Waals surface area contributed by atoms with E-state index in [0.29, 0.717) is 13.2 Å². The van der Waals surface area contributed by atoms with E-state index in [-0.39, 0.29) is 12.5 Å². The van der Waals surface area contributed by atoms with Gasteiger partial charge in [0.25, 0.3) is 0 Å². The standard InChI is InChI=1S/C12H15NO2/c1-2-8-15-12(13)10-14-9-11-6-4-3-5-7-11/h2-7,13H,1,8-10H2. The topological polar surface area (TPSA) is 42.3 Å². The summed E-state index contributed by atoms with van der Waals surface area (Å²) in [5.41, 5.74) is 1.09. The first kappa shape index (κ1) is 11.5. The molecule has 0 aliphatic heterocycles. The molecule has 0 aromatic heterocycles. The molecular weight excluding hydrogens is 190 g/mol. The van der Waals surface area contributed by atoms with E-state index < -0.39 is 0 Å². The van der Waals surface area contributed by atoms with Crippen LogP contribution in [0.1, 0.15) is 5.56 Å². The molecule has 1 N–H and O–H groups in total. The van der Waals surface area contributed by atoms with E-state index in [1.165, 1.54) is 0 Å². The number of rotatable bonds is 6. The maximum atomic E-state index is 7.36. The summed E-state index contributed by atoms with van der Waals surface area (Å²) in [7, 11) is 0. The van der Waals surface area contributed by atoms with E-state index >= 15 is 0 Å². The summed E-state index contributed by atoms with van der Waals surface area (Å²) < 4.78 is 10.3. The second kappa shape index (κ2) is 6.79. The van der Waals surface area contributed by atoms with Crippen LogP contribution in [0, 0.1) is 5.41 Å². The van der Waals surface area contributed by atoms with Crippen LogP contribution in [0.4, 0.5) is 0 Å². The molecule has 1 rings (SSSR count). The van der Waals surface area contributed by atoms with Gasteiger partial charge in [0.05, 0.1) is 6.61 Å². The minimum absolute atomic E-state index is 0.130. The average Bonchev–Trinajstić information content (AvgIpc) is 2.28. The zero-order valence-electron chi connectivity index (χ0n) is 8.61. The maximum absolute atomic E-state index is 7.36. The van der Waals surface area contributed by atoms with Gasteiger partial charge in [-0.3, -0.25) is 5.41 Å². The molecule has 0 amide bonds.